The molecule has 0 N–H and O–H groups in total. The fourth-order valence-corrected chi connectivity index (χ4v) is 0.617. The topological polar surface area (TPSA) is 30.7 Å². The van der Waals surface area contributed by atoms with Gasteiger partial charge in [-0.2, -0.15) is 15.0 Å². The summed E-state index contributed by atoms with van der Waals surface area (Å²) < 4.78 is 0. The molecule has 0 fully saturated rings. The molecule has 3 heteroatoms. The lowest BCUT2D eigenvalue weighted by Gasteiger charge is -2.04. The van der Waals surface area contributed by atoms with Crippen LogP contribution in [0.1, 0.15) is 26.3 Å². The van der Waals surface area contributed by atoms with Gasteiger partial charge in [-0.05, 0) is 13.3 Å². The highest BCUT2D eigenvalue weighted by molar-refractivity contribution is 4.63. The van der Waals surface area contributed by atoms with E-state index in [1.165, 1.54) is 0 Å². The zero-order valence-corrected chi connectivity index (χ0v) is 5.78. The first-order valence-corrected chi connectivity index (χ1v) is 3.20. The number of hydrogen-bond donors (Lipinski definition) is 0. The SMILES string of the molecule is CCC(C)n1nccn1. The van der Waals surface area contributed by atoms with Crippen molar-refractivity contribution in [2.24, 2.45) is 0 Å². The fraction of sp³-hybridized carbons (Fsp3) is 0.667. The predicted octanol–water partition coefficient (Wildman–Crippen LogP) is 1.25. The van der Waals surface area contributed by atoms with Crippen LogP contribution in [0.5, 0.6) is 0 Å². The van der Waals surface area contributed by atoms with E-state index in [-0.39, 0.29) is 0 Å². The molecule has 1 aromatic rings. The Morgan fingerprint density at radius 1 is 1.44 bits per heavy atom. The van der Waals surface area contributed by atoms with Gasteiger partial charge in [-0.3, -0.25) is 0 Å². The van der Waals surface area contributed by atoms with Crippen LogP contribution in [-0.4, -0.2) is 15.0 Å². The number of hydrogen-bond acceptors (Lipinski definition) is 2. The highest BCUT2D eigenvalue weighted by Crippen LogP contribution is 2.03. The second-order valence-corrected chi connectivity index (χ2v) is 2.11. The van der Waals surface area contributed by atoms with Crippen LogP contribution < -0.4 is 0 Å². The molecule has 0 aliphatic rings. The Morgan fingerprint density at radius 2 is 2.00 bits per heavy atom. The number of rotatable bonds is 2. The van der Waals surface area contributed by atoms with Crippen molar-refractivity contribution in [3.8, 4) is 0 Å². The van der Waals surface area contributed by atoms with Crippen molar-refractivity contribution in [1.29, 1.82) is 0 Å². The van der Waals surface area contributed by atoms with Gasteiger partial charge in [-0.15, -0.1) is 0 Å². The van der Waals surface area contributed by atoms with E-state index in [1.54, 1.807) is 17.2 Å². The normalized spacial score (nSPS) is 13.6. The molecule has 1 unspecified atom stereocenters. The fourth-order valence-electron chi connectivity index (χ4n) is 0.617. The molecule has 0 amide bonds. The van der Waals surface area contributed by atoms with E-state index in [0.717, 1.165) is 6.42 Å². The maximum atomic E-state index is 3.99. The minimum Gasteiger partial charge on any atom is -0.182 e. The van der Waals surface area contributed by atoms with Crippen LogP contribution in [0.15, 0.2) is 12.4 Å². The summed E-state index contributed by atoms with van der Waals surface area (Å²) in [7, 11) is 0. The maximum absolute atomic E-state index is 3.99. The Morgan fingerprint density at radius 3 is 2.44 bits per heavy atom. The lowest BCUT2D eigenvalue weighted by Crippen LogP contribution is -2.06. The molecule has 0 spiro atoms. The van der Waals surface area contributed by atoms with Gasteiger partial charge in [0.05, 0.1) is 18.4 Å². The number of nitrogens with zero attached hydrogens (tertiary/aromatic N) is 3. The molecule has 1 aromatic heterocycles. The summed E-state index contributed by atoms with van der Waals surface area (Å²) in [6, 6.07) is 0.431. The van der Waals surface area contributed by atoms with Crippen LogP contribution in [0.3, 0.4) is 0 Å². The summed E-state index contributed by atoms with van der Waals surface area (Å²) in [5.74, 6) is 0. The molecule has 3 nitrogen and oxygen atoms in total. The monoisotopic (exact) mass is 125 g/mol. The van der Waals surface area contributed by atoms with Gasteiger partial charge in [0.25, 0.3) is 0 Å². The predicted molar refractivity (Wildman–Crippen MR) is 35.0 cm³/mol. The highest BCUT2D eigenvalue weighted by Gasteiger charge is 1.99. The van der Waals surface area contributed by atoms with E-state index in [9.17, 15) is 0 Å². The molecule has 1 heterocycles. The molecule has 50 valence electrons. The average Bonchev–Trinajstić information content (AvgIpc) is 2.37. The summed E-state index contributed by atoms with van der Waals surface area (Å²) in [5.41, 5.74) is 0. The van der Waals surface area contributed by atoms with Gasteiger partial charge < -0.3 is 0 Å². The minimum atomic E-state index is 0.431. The van der Waals surface area contributed by atoms with E-state index in [1.807, 2.05) is 0 Å². The Kier molecular flexibility index (Phi) is 1.82. The zero-order valence-electron chi connectivity index (χ0n) is 5.78. The maximum Gasteiger partial charge on any atom is 0.0693 e. The second kappa shape index (κ2) is 2.62. The molecule has 1 atom stereocenters. The van der Waals surface area contributed by atoms with Crippen molar-refractivity contribution >= 4 is 0 Å². The van der Waals surface area contributed by atoms with E-state index in [2.05, 4.69) is 24.0 Å². The van der Waals surface area contributed by atoms with Crippen LogP contribution >= 0.6 is 0 Å². The van der Waals surface area contributed by atoms with Gasteiger partial charge in [0, 0.05) is 0 Å². The van der Waals surface area contributed by atoms with Crippen molar-refractivity contribution in [1.82, 2.24) is 15.0 Å². The van der Waals surface area contributed by atoms with Crippen molar-refractivity contribution in [2.75, 3.05) is 0 Å². The quantitative estimate of drug-likeness (QED) is 0.595. The third-order valence-corrected chi connectivity index (χ3v) is 1.42. The molecule has 0 bridgehead atoms. The summed E-state index contributed by atoms with van der Waals surface area (Å²) in [6.45, 7) is 4.22. The summed E-state index contributed by atoms with van der Waals surface area (Å²) in [4.78, 5) is 1.72. The van der Waals surface area contributed by atoms with E-state index >= 15 is 0 Å². The van der Waals surface area contributed by atoms with Gasteiger partial charge in [0.15, 0.2) is 0 Å². The van der Waals surface area contributed by atoms with Crippen molar-refractivity contribution < 1.29 is 0 Å². The Labute approximate surface area is 54.7 Å². The minimum absolute atomic E-state index is 0.431. The van der Waals surface area contributed by atoms with Crippen molar-refractivity contribution in [3.63, 3.8) is 0 Å². The third-order valence-electron chi connectivity index (χ3n) is 1.42. The second-order valence-electron chi connectivity index (χ2n) is 2.11. The molecule has 0 aliphatic heterocycles. The van der Waals surface area contributed by atoms with Gasteiger partial charge in [0.2, 0.25) is 0 Å². The van der Waals surface area contributed by atoms with Crippen molar-refractivity contribution in [2.45, 2.75) is 26.3 Å². The first kappa shape index (κ1) is 6.26. The molecule has 1 rings (SSSR count). The molecular weight excluding hydrogens is 114 g/mol. The first-order chi connectivity index (χ1) is 4.34. The summed E-state index contributed by atoms with van der Waals surface area (Å²) >= 11 is 0. The Balaban J connectivity index is 2.65. The third kappa shape index (κ3) is 1.28. The van der Waals surface area contributed by atoms with Gasteiger partial charge in [-0.1, -0.05) is 6.92 Å². The molecule has 0 saturated carbocycles. The van der Waals surface area contributed by atoms with Crippen LogP contribution in [-0.2, 0) is 0 Å². The van der Waals surface area contributed by atoms with E-state index < -0.39 is 0 Å². The van der Waals surface area contributed by atoms with Gasteiger partial charge >= 0.3 is 0 Å². The average molecular weight is 125 g/mol. The van der Waals surface area contributed by atoms with Gasteiger partial charge in [0.1, 0.15) is 0 Å². The lowest BCUT2D eigenvalue weighted by molar-refractivity contribution is 0.423. The first-order valence-electron chi connectivity index (χ1n) is 3.20. The molecule has 0 aromatic carbocycles. The Hall–Kier alpha value is -0.860. The highest BCUT2D eigenvalue weighted by atomic mass is 15.5. The number of aromatic nitrogens is 3. The molecule has 0 saturated heterocycles. The lowest BCUT2D eigenvalue weighted by atomic mass is 10.3. The van der Waals surface area contributed by atoms with Crippen LogP contribution in [0, 0.1) is 0 Å². The molecule has 0 radical (unpaired) electrons. The van der Waals surface area contributed by atoms with Crippen LogP contribution in [0.25, 0.3) is 0 Å². The van der Waals surface area contributed by atoms with Crippen LogP contribution in [0.2, 0.25) is 0 Å². The molecular formula is C6H11N3. The van der Waals surface area contributed by atoms with E-state index in [0.29, 0.717) is 6.04 Å². The van der Waals surface area contributed by atoms with E-state index in [4.69, 9.17) is 0 Å². The summed E-state index contributed by atoms with van der Waals surface area (Å²) in [6.07, 6.45) is 4.48. The standard InChI is InChI=1S/C6H11N3/c1-3-6(2)9-7-4-5-8-9/h4-6H,3H2,1-2H3. The smallest absolute Gasteiger partial charge is 0.0693 e. The largest absolute Gasteiger partial charge is 0.182 e. The van der Waals surface area contributed by atoms with Crippen LogP contribution in [0.4, 0.5) is 0 Å². The zero-order chi connectivity index (χ0) is 6.69. The van der Waals surface area contributed by atoms with Gasteiger partial charge in [-0.25, -0.2) is 0 Å². The summed E-state index contributed by atoms with van der Waals surface area (Å²) in [5, 5.41) is 7.99. The molecule has 0 aliphatic carbocycles. The molecule has 9 heavy (non-hydrogen) atoms. The van der Waals surface area contributed by atoms with Crippen molar-refractivity contribution in [3.05, 3.63) is 12.4 Å². The Bertz CT molecular complexity index is 157.